The number of Topliss-reactive ketones (excluding diaryl/α,β-unsaturated/α-hetero) is 1. The summed E-state index contributed by atoms with van der Waals surface area (Å²) >= 11 is 0. The van der Waals surface area contributed by atoms with Crippen LogP contribution in [-0.2, 0) is 0 Å². The highest BCUT2D eigenvalue weighted by Gasteiger charge is 2.26. The number of hydrogen-bond acceptors (Lipinski definition) is 3. The molecule has 0 bridgehead atoms. The molecule has 1 fully saturated rings. The number of H-pyrrole nitrogens is 1. The van der Waals surface area contributed by atoms with E-state index in [1.807, 2.05) is 30.3 Å². The molecule has 0 atom stereocenters. The molecule has 0 saturated carbocycles. The van der Waals surface area contributed by atoms with Gasteiger partial charge in [-0.15, -0.1) is 0 Å². The van der Waals surface area contributed by atoms with Crippen LogP contribution in [0, 0.1) is 0 Å². The zero-order chi connectivity index (χ0) is 19.7. The third kappa shape index (κ3) is 3.41. The second-order valence-electron chi connectivity index (χ2n) is 6.99. The summed E-state index contributed by atoms with van der Waals surface area (Å²) in [5.74, 6) is -0.148. The van der Waals surface area contributed by atoms with Gasteiger partial charge in [0.25, 0.3) is 11.8 Å². The maximum absolute atomic E-state index is 12.8. The minimum Gasteiger partial charge on any atom is -0.351 e. The number of piperazine rings is 1. The van der Waals surface area contributed by atoms with Crippen LogP contribution in [0.25, 0.3) is 10.9 Å². The maximum atomic E-state index is 12.8. The molecule has 2 heterocycles. The first kappa shape index (κ1) is 18.0. The van der Waals surface area contributed by atoms with E-state index in [4.69, 9.17) is 0 Å². The number of nitrogens with one attached hydrogen (secondary N) is 1. The summed E-state index contributed by atoms with van der Waals surface area (Å²) in [6.07, 6.45) is 0. The quantitative estimate of drug-likeness (QED) is 0.715. The molecular formula is C22H21N3O3. The fraction of sp³-hybridized carbons (Fsp3) is 0.227. The number of hydrogen-bond donors (Lipinski definition) is 1. The van der Waals surface area contributed by atoms with Crippen molar-refractivity contribution in [2.45, 2.75) is 6.92 Å². The lowest BCUT2D eigenvalue weighted by atomic mass is 10.1. The van der Waals surface area contributed by atoms with E-state index in [9.17, 15) is 14.4 Å². The standard InChI is InChI=1S/C22H21N3O3/c1-15(26)16-6-8-17(9-7-16)21(27)24-10-12-25(13-11-24)22(28)20-14-18-4-2-3-5-19(18)23-20/h2-9,14,23H,10-13H2,1H3. The summed E-state index contributed by atoms with van der Waals surface area (Å²) < 4.78 is 0. The lowest BCUT2D eigenvalue weighted by Gasteiger charge is -2.34. The lowest BCUT2D eigenvalue weighted by molar-refractivity contribution is 0.0533. The van der Waals surface area contributed by atoms with E-state index in [1.165, 1.54) is 6.92 Å². The minimum absolute atomic E-state index is 0.0249. The second-order valence-corrected chi connectivity index (χ2v) is 6.99. The predicted octanol–water partition coefficient (Wildman–Crippen LogP) is 2.97. The summed E-state index contributed by atoms with van der Waals surface area (Å²) in [4.78, 5) is 43.5. The van der Waals surface area contributed by atoms with Gasteiger partial charge in [0.15, 0.2) is 5.78 Å². The van der Waals surface area contributed by atoms with E-state index in [0.29, 0.717) is 43.0 Å². The average molecular weight is 375 g/mol. The normalized spacial score (nSPS) is 14.3. The van der Waals surface area contributed by atoms with Gasteiger partial charge in [-0.3, -0.25) is 14.4 Å². The third-order valence-corrected chi connectivity index (χ3v) is 5.15. The van der Waals surface area contributed by atoms with Crippen molar-refractivity contribution in [1.29, 1.82) is 0 Å². The molecule has 1 N–H and O–H groups in total. The maximum Gasteiger partial charge on any atom is 0.270 e. The number of benzene rings is 2. The number of ketones is 1. The largest absolute Gasteiger partial charge is 0.351 e. The highest BCUT2D eigenvalue weighted by molar-refractivity contribution is 5.99. The van der Waals surface area contributed by atoms with E-state index < -0.39 is 0 Å². The Labute approximate surface area is 162 Å². The molecular weight excluding hydrogens is 354 g/mol. The van der Waals surface area contributed by atoms with Crippen molar-refractivity contribution in [3.8, 4) is 0 Å². The monoisotopic (exact) mass is 375 g/mol. The van der Waals surface area contributed by atoms with Crippen molar-refractivity contribution in [3.63, 3.8) is 0 Å². The van der Waals surface area contributed by atoms with Crippen LogP contribution < -0.4 is 0 Å². The van der Waals surface area contributed by atoms with Crippen molar-refractivity contribution in [2.75, 3.05) is 26.2 Å². The molecule has 4 rings (SSSR count). The summed E-state index contributed by atoms with van der Waals surface area (Å²) in [6, 6.07) is 16.4. The van der Waals surface area contributed by atoms with Crippen LogP contribution in [0.1, 0.15) is 38.1 Å². The second kappa shape index (κ2) is 7.31. The molecule has 28 heavy (non-hydrogen) atoms. The molecule has 1 aliphatic heterocycles. The molecule has 6 heteroatoms. The van der Waals surface area contributed by atoms with Crippen molar-refractivity contribution in [2.24, 2.45) is 0 Å². The van der Waals surface area contributed by atoms with Crippen LogP contribution in [0.4, 0.5) is 0 Å². The van der Waals surface area contributed by atoms with Gasteiger partial charge in [-0.05, 0) is 31.2 Å². The van der Waals surface area contributed by atoms with Gasteiger partial charge in [-0.25, -0.2) is 0 Å². The Morgan fingerprint density at radius 1 is 0.786 bits per heavy atom. The van der Waals surface area contributed by atoms with Crippen LogP contribution in [0.2, 0.25) is 0 Å². The van der Waals surface area contributed by atoms with Gasteiger partial charge < -0.3 is 14.8 Å². The molecule has 0 radical (unpaired) electrons. The minimum atomic E-state index is -0.0761. The molecule has 3 aromatic rings. The number of amides is 2. The van der Waals surface area contributed by atoms with E-state index in [-0.39, 0.29) is 17.6 Å². The van der Waals surface area contributed by atoms with E-state index in [1.54, 1.807) is 34.1 Å². The Morgan fingerprint density at radius 2 is 1.36 bits per heavy atom. The summed E-state index contributed by atoms with van der Waals surface area (Å²) in [5.41, 5.74) is 2.65. The van der Waals surface area contributed by atoms with Crippen molar-refractivity contribution < 1.29 is 14.4 Å². The van der Waals surface area contributed by atoms with E-state index in [0.717, 1.165) is 10.9 Å². The fourth-order valence-electron chi connectivity index (χ4n) is 3.50. The molecule has 0 spiro atoms. The zero-order valence-electron chi connectivity index (χ0n) is 15.6. The van der Waals surface area contributed by atoms with Crippen molar-refractivity contribution in [3.05, 3.63) is 71.4 Å². The summed E-state index contributed by atoms with van der Waals surface area (Å²) in [7, 11) is 0. The van der Waals surface area contributed by atoms with Gasteiger partial charge in [-0.1, -0.05) is 30.3 Å². The summed E-state index contributed by atoms with van der Waals surface area (Å²) in [6.45, 7) is 3.45. The van der Waals surface area contributed by atoms with Gasteiger partial charge in [0.2, 0.25) is 0 Å². The molecule has 1 aromatic heterocycles. The first-order valence-corrected chi connectivity index (χ1v) is 9.30. The summed E-state index contributed by atoms with van der Waals surface area (Å²) in [5, 5.41) is 1.01. The van der Waals surface area contributed by atoms with Crippen LogP contribution in [0.3, 0.4) is 0 Å². The molecule has 2 aromatic carbocycles. The molecule has 0 unspecified atom stereocenters. The molecule has 0 aliphatic carbocycles. The number of fused-ring (bicyclic) bond motifs is 1. The molecule has 2 amide bonds. The van der Waals surface area contributed by atoms with Gasteiger partial charge >= 0.3 is 0 Å². The molecule has 1 aliphatic rings. The lowest BCUT2D eigenvalue weighted by Crippen LogP contribution is -2.50. The van der Waals surface area contributed by atoms with Gasteiger partial charge in [-0.2, -0.15) is 0 Å². The smallest absolute Gasteiger partial charge is 0.270 e. The number of rotatable bonds is 3. The number of nitrogens with zero attached hydrogens (tertiary/aromatic N) is 2. The van der Waals surface area contributed by atoms with Crippen molar-refractivity contribution in [1.82, 2.24) is 14.8 Å². The first-order valence-electron chi connectivity index (χ1n) is 9.30. The number of carbonyl (C=O) groups excluding carboxylic acids is 3. The Bertz CT molecular complexity index is 1010. The first-order chi connectivity index (χ1) is 13.5. The average Bonchev–Trinajstić information content (AvgIpc) is 3.17. The highest BCUT2D eigenvalue weighted by atomic mass is 16.2. The number of carbonyl (C=O) groups is 3. The highest BCUT2D eigenvalue weighted by Crippen LogP contribution is 2.17. The van der Waals surface area contributed by atoms with Crippen molar-refractivity contribution >= 4 is 28.5 Å². The fourth-order valence-corrected chi connectivity index (χ4v) is 3.50. The van der Waals surface area contributed by atoms with E-state index >= 15 is 0 Å². The Morgan fingerprint density at radius 3 is 1.96 bits per heavy atom. The van der Waals surface area contributed by atoms with Crippen LogP contribution in [0.15, 0.2) is 54.6 Å². The third-order valence-electron chi connectivity index (χ3n) is 5.15. The van der Waals surface area contributed by atoms with Gasteiger partial charge in [0.05, 0.1) is 0 Å². The number of aromatic nitrogens is 1. The van der Waals surface area contributed by atoms with Gasteiger partial charge in [0.1, 0.15) is 5.69 Å². The predicted molar refractivity (Wildman–Crippen MR) is 107 cm³/mol. The molecule has 142 valence electrons. The molecule has 1 saturated heterocycles. The van der Waals surface area contributed by atoms with E-state index in [2.05, 4.69) is 4.98 Å². The van der Waals surface area contributed by atoms with Crippen LogP contribution in [0.5, 0.6) is 0 Å². The topological polar surface area (TPSA) is 73.5 Å². The SMILES string of the molecule is CC(=O)c1ccc(C(=O)N2CCN(C(=O)c3cc4ccccc4[nH]3)CC2)cc1. The number of aromatic amines is 1. The Balaban J connectivity index is 1.40. The number of para-hydroxylation sites is 1. The van der Waals surface area contributed by atoms with Gasteiger partial charge in [0, 0.05) is 48.2 Å². The Hall–Kier alpha value is -3.41. The molecule has 6 nitrogen and oxygen atoms in total. The van der Waals surface area contributed by atoms with Crippen LogP contribution in [-0.4, -0.2) is 58.6 Å². The zero-order valence-corrected chi connectivity index (χ0v) is 15.6. The van der Waals surface area contributed by atoms with Crippen LogP contribution >= 0.6 is 0 Å². The Kier molecular flexibility index (Phi) is 4.69.